The fraction of sp³-hybridized carbons (Fsp3) is 0.481. The number of hydrogen-bond acceptors (Lipinski definition) is 6. The Labute approximate surface area is 206 Å². The van der Waals surface area contributed by atoms with E-state index in [0.29, 0.717) is 30.9 Å². The minimum Gasteiger partial charge on any atom is -0.496 e. The molecule has 2 unspecified atom stereocenters. The Balaban J connectivity index is 1.69. The zero-order valence-electron chi connectivity index (χ0n) is 20.4. The van der Waals surface area contributed by atoms with Crippen molar-refractivity contribution in [3.63, 3.8) is 0 Å². The van der Waals surface area contributed by atoms with Crippen molar-refractivity contribution < 1.29 is 23.9 Å². The number of carbonyl (C=O) groups is 3. The maximum Gasteiger partial charge on any atom is 0.241 e. The van der Waals surface area contributed by atoms with E-state index in [-0.39, 0.29) is 43.1 Å². The first-order valence-corrected chi connectivity index (χ1v) is 12.2. The predicted molar refractivity (Wildman–Crippen MR) is 130 cm³/mol. The van der Waals surface area contributed by atoms with Gasteiger partial charge in [0.05, 0.1) is 18.6 Å². The molecule has 0 aliphatic carbocycles. The molecule has 2 fully saturated rings. The summed E-state index contributed by atoms with van der Waals surface area (Å²) in [7, 11) is 3.12. The average molecular weight is 480 g/mol. The molecule has 2 atom stereocenters. The van der Waals surface area contributed by atoms with E-state index in [1.165, 1.54) is 12.0 Å². The number of amides is 3. The number of nitrogens with zero attached hydrogens (tertiary/aromatic N) is 3. The van der Waals surface area contributed by atoms with Crippen molar-refractivity contribution in [1.82, 2.24) is 14.8 Å². The van der Waals surface area contributed by atoms with Gasteiger partial charge in [0.25, 0.3) is 0 Å². The molecule has 3 heterocycles. The van der Waals surface area contributed by atoms with E-state index in [0.717, 1.165) is 24.8 Å². The van der Waals surface area contributed by atoms with Gasteiger partial charge in [-0.3, -0.25) is 24.3 Å². The Morgan fingerprint density at radius 1 is 1.14 bits per heavy atom. The second kappa shape index (κ2) is 11.0. The summed E-state index contributed by atoms with van der Waals surface area (Å²) in [4.78, 5) is 48.3. The molecule has 0 bridgehead atoms. The number of carbonyl (C=O) groups excluding carboxylic acids is 3. The fourth-order valence-corrected chi connectivity index (χ4v) is 5.39. The zero-order valence-corrected chi connectivity index (χ0v) is 20.4. The largest absolute Gasteiger partial charge is 0.496 e. The number of rotatable bonds is 9. The number of pyridine rings is 1. The van der Waals surface area contributed by atoms with Crippen molar-refractivity contribution in [2.45, 2.75) is 50.0 Å². The molecule has 0 spiro atoms. The number of ether oxygens (including phenoxy) is 2. The van der Waals surface area contributed by atoms with Crippen molar-refractivity contribution in [1.29, 1.82) is 0 Å². The monoisotopic (exact) mass is 479 g/mol. The molecule has 3 amide bonds. The number of hydrogen-bond donors (Lipinski definition) is 0. The van der Waals surface area contributed by atoms with Crippen molar-refractivity contribution in [2.75, 3.05) is 33.9 Å². The Bertz CT molecular complexity index is 1060. The highest BCUT2D eigenvalue weighted by molar-refractivity contribution is 6.11. The summed E-state index contributed by atoms with van der Waals surface area (Å²) < 4.78 is 10.7. The maximum atomic E-state index is 13.9. The lowest BCUT2D eigenvalue weighted by molar-refractivity contribution is -0.144. The topological polar surface area (TPSA) is 89.0 Å². The molecule has 2 aliphatic heterocycles. The molecule has 2 aliphatic rings. The van der Waals surface area contributed by atoms with Crippen LogP contribution in [0.2, 0.25) is 0 Å². The van der Waals surface area contributed by atoms with Gasteiger partial charge in [-0.1, -0.05) is 24.3 Å². The van der Waals surface area contributed by atoms with Crippen LogP contribution < -0.4 is 4.74 Å². The van der Waals surface area contributed by atoms with Crippen LogP contribution >= 0.6 is 0 Å². The Hall–Kier alpha value is -3.26. The minimum atomic E-state index is -1.30. The highest BCUT2D eigenvalue weighted by Crippen LogP contribution is 2.45. The fourth-order valence-electron chi connectivity index (χ4n) is 5.39. The molecule has 0 saturated carbocycles. The van der Waals surface area contributed by atoms with E-state index in [1.807, 2.05) is 29.2 Å². The molecular formula is C27H33N3O5. The van der Waals surface area contributed by atoms with E-state index < -0.39 is 5.41 Å². The standard InChI is InChI=1S/C27H33N3O5/c1-34-16-8-15-30-25(32)18-27(26(30)33,21-10-3-4-12-23(21)35-2)17-24(31)29-14-6-5-11-22(29)20-9-7-13-28-19-20/h3-4,7,9-10,12-13,19,22H,5-6,8,11,14-18H2,1-2H3. The molecule has 35 heavy (non-hydrogen) atoms. The minimum absolute atomic E-state index is 0.0592. The lowest BCUT2D eigenvalue weighted by Gasteiger charge is -2.38. The van der Waals surface area contributed by atoms with E-state index in [1.54, 1.807) is 31.6 Å². The van der Waals surface area contributed by atoms with Gasteiger partial charge in [0.2, 0.25) is 17.7 Å². The molecule has 0 radical (unpaired) electrons. The molecule has 2 saturated heterocycles. The predicted octanol–water partition coefficient (Wildman–Crippen LogP) is 3.27. The summed E-state index contributed by atoms with van der Waals surface area (Å²) in [5.41, 5.74) is 0.269. The van der Waals surface area contributed by atoms with Crippen LogP contribution in [-0.2, 0) is 24.5 Å². The molecule has 1 aromatic heterocycles. The number of benzene rings is 1. The van der Waals surface area contributed by atoms with Crippen LogP contribution in [0, 0.1) is 0 Å². The molecule has 2 aromatic rings. The van der Waals surface area contributed by atoms with Gasteiger partial charge in [0.15, 0.2) is 0 Å². The SMILES string of the molecule is COCCCN1C(=O)CC(CC(=O)N2CCCCC2c2cccnc2)(c2ccccc2OC)C1=O. The van der Waals surface area contributed by atoms with Gasteiger partial charge in [-0.05, 0) is 43.4 Å². The third-order valence-corrected chi connectivity index (χ3v) is 7.11. The van der Waals surface area contributed by atoms with Crippen LogP contribution in [0.15, 0.2) is 48.8 Å². The lowest BCUT2D eigenvalue weighted by Crippen LogP contribution is -2.46. The maximum absolute atomic E-state index is 13.9. The molecule has 186 valence electrons. The number of likely N-dealkylation sites (tertiary alicyclic amines) is 2. The van der Waals surface area contributed by atoms with Crippen LogP contribution in [0.25, 0.3) is 0 Å². The highest BCUT2D eigenvalue weighted by Gasteiger charge is 2.55. The number of aromatic nitrogens is 1. The summed E-state index contributed by atoms with van der Waals surface area (Å²) >= 11 is 0. The Morgan fingerprint density at radius 3 is 2.71 bits per heavy atom. The van der Waals surface area contributed by atoms with Crippen LogP contribution in [0.5, 0.6) is 5.75 Å². The molecule has 4 rings (SSSR count). The quantitative estimate of drug-likeness (QED) is 0.405. The van der Waals surface area contributed by atoms with Crippen LogP contribution in [-0.4, -0.2) is 66.4 Å². The number of imide groups is 1. The molecule has 8 heteroatoms. The first-order valence-electron chi connectivity index (χ1n) is 12.2. The number of methoxy groups -OCH3 is 2. The van der Waals surface area contributed by atoms with E-state index in [4.69, 9.17) is 9.47 Å². The number of para-hydroxylation sites is 1. The number of piperidine rings is 1. The highest BCUT2D eigenvalue weighted by atomic mass is 16.5. The van der Waals surface area contributed by atoms with Gasteiger partial charge in [0, 0.05) is 57.6 Å². The third-order valence-electron chi connectivity index (χ3n) is 7.11. The summed E-state index contributed by atoms with van der Waals surface area (Å²) in [5, 5.41) is 0. The Morgan fingerprint density at radius 2 is 1.97 bits per heavy atom. The molecule has 0 N–H and O–H groups in total. The van der Waals surface area contributed by atoms with Crippen LogP contribution in [0.4, 0.5) is 0 Å². The summed E-state index contributed by atoms with van der Waals surface area (Å²) in [6, 6.07) is 11.0. The van der Waals surface area contributed by atoms with Crippen LogP contribution in [0.1, 0.15) is 55.7 Å². The second-order valence-electron chi connectivity index (χ2n) is 9.22. The van der Waals surface area contributed by atoms with Gasteiger partial charge in [-0.15, -0.1) is 0 Å². The van der Waals surface area contributed by atoms with Crippen molar-refractivity contribution in [3.05, 3.63) is 59.9 Å². The van der Waals surface area contributed by atoms with Crippen molar-refractivity contribution in [3.8, 4) is 5.75 Å². The molecular weight excluding hydrogens is 446 g/mol. The normalized spacial score (nSPS) is 22.5. The average Bonchev–Trinajstić information content (AvgIpc) is 3.14. The molecule has 8 nitrogen and oxygen atoms in total. The summed E-state index contributed by atoms with van der Waals surface area (Å²) in [6.45, 7) is 1.32. The van der Waals surface area contributed by atoms with E-state index in [9.17, 15) is 14.4 Å². The smallest absolute Gasteiger partial charge is 0.241 e. The second-order valence-corrected chi connectivity index (χ2v) is 9.22. The summed E-state index contributed by atoms with van der Waals surface area (Å²) in [5.74, 6) is -0.245. The van der Waals surface area contributed by atoms with Gasteiger partial charge < -0.3 is 14.4 Å². The van der Waals surface area contributed by atoms with Gasteiger partial charge >= 0.3 is 0 Å². The summed E-state index contributed by atoms with van der Waals surface area (Å²) in [6.07, 6.45) is 6.68. The first-order chi connectivity index (χ1) is 17.0. The van der Waals surface area contributed by atoms with Gasteiger partial charge in [-0.2, -0.15) is 0 Å². The Kier molecular flexibility index (Phi) is 7.80. The van der Waals surface area contributed by atoms with E-state index in [2.05, 4.69) is 4.98 Å². The van der Waals surface area contributed by atoms with Gasteiger partial charge in [-0.25, -0.2) is 0 Å². The molecule has 1 aromatic carbocycles. The first kappa shape index (κ1) is 24.9. The van der Waals surface area contributed by atoms with E-state index >= 15 is 0 Å². The van der Waals surface area contributed by atoms with Crippen molar-refractivity contribution in [2.24, 2.45) is 0 Å². The van der Waals surface area contributed by atoms with Gasteiger partial charge in [0.1, 0.15) is 5.75 Å². The van der Waals surface area contributed by atoms with Crippen molar-refractivity contribution >= 4 is 17.7 Å². The van der Waals surface area contributed by atoms with Crippen LogP contribution in [0.3, 0.4) is 0 Å². The third kappa shape index (κ3) is 4.93. The zero-order chi connectivity index (χ0) is 24.8. The lowest BCUT2D eigenvalue weighted by atomic mass is 9.74.